The molecule has 1 amide bonds. The minimum absolute atomic E-state index is 0.130. The van der Waals surface area contributed by atoms with Crippen molar-refractivity contribution in [3.05, 3.63) is 35.4 Å². The molecule has 0 aliphatic heterocycles. The number of benzene rings is 1. The first-order chi connectivity index (χ1) is 19.1. The Morgan fingerprint density at radius 1 is 0.923 bits per heavy atom. The van der Waals surface area contributed by atoms with Crippen LogP contribution in [0.4, 0.5) is 17.8 Å². The van der Waals surface area contributed by atoms with Crippen LogP contribution in [-0.2, 0) is 16.0 Å². The molecule has 2 saturated carbocycles. The van der Waals surface area contributed by atoms with Gasteiger partial charge in [-0.25, -0.2) is 0 Å². The summed E-state index contributed by atoms with van der Waals surface area (Å²) >= 11 is 0. The lowest BCUT2D eigenvalue weighted by molar-refractivity contribution is 0.0511. The summed E-state index contributed by atoms with van der Waals surface area (Å²) in [4.78, 5) is 26.3. The Hall–Kier alpha value is -3.02. The second kappa shape index (κ2) is 15.5. The number of aromatic nitrogens is 3. The number of hydrogen-bond acceptors (Lipinski definition) is 10. The lowest BCUT2D eigenvalue weighted by atomic mass is 9.95. The van der Waals surface area contributed by atoms with Crippen LogP contribution in [0.2, 0.25) is 0 Å². The molecule has 2 bridgehead atoms. The third-order valence-electron chi connectivity index (χ3n) is 7.33. The summed E-state index contributed by atoms with van der Waals surface area (Å²) in [7, 11) is 0. The zero-order valence-corrected chi connectivity index (χ0v) is 23.1. The molecule has 6 N–H and O–H groups in total. The van der Waals surface area contributed by atoms with Gasteiger partial charge in [0.2, 0.25) is 17.8 Å². The molecule has 11 nitrogen and oxygen atoms in total. The highest BCUT2D eigenvalue weighted by molar-refractivity contribution is 5.94. The summed E-state index contributed by atoms with van der Waals surface area (Å²) in [6, 6.07) is 7.96. The van der Waals surface area contributed by atoms with E-state index in [0.29, 0.717) is 75.5 Å². The maximum absolute atomic E-state index is 12.4. The number of fused-ring (bicyclic) bond motifs is 2. The van der Waals surface area contributed by atoms with Crippen LogP contribution in [0.25, 0.3) is 0 Å². The predicted molar refractivity (Wildman–Crippen MR) is 153 cm³/mol. The van der Waals surface area contributed by atoms with Gasteiger partial charge in [0.15, 0.2) is 0 Å². The summed E-state index contributed by atoms with van der Waals surface area (Å²) in [5.74, 6) is 3.19. The number of nitrogens with one attached hydrogen (secondary N) is 4. The van der Waals surface area contributed by atoms with E-state index in [0.717, 1.165) is 36.8 Å². The van der Waals surface area contributed by atoms with E-state index in [-0.39, 0.29) is 5.91 Å². The molecule has 1 aromatic carbocycles. The van der Waals surface area contributed by atoms with E-state index in [1.165, 1.54) is 25.7 Å². The molecule has 3 unspecified atom stereocenters. The number of hydrogen-bond donors (Lipinski definition) is 5. The molecule has 11 heteroatoms. The van der Waals surface area contributed by atoms with Crippen molar-refractivity contribution in [3.8, 4) is 0 Å². The van der Waals surface area contributed by atoms with Crippen LogP contribution in [0.5, 0.6) is 0 Å². The number of nitrogens with zero attached hydrogens (tertiary/aromatic N) is 3. The number of unbranched alkanes of at least 4 members (excludes halogenated alkanes) is 1. The first-order valence-electron chi connectivity index (χ1n) is 14.4. The van der Waals surface area contributed by atoms with Gasteiger partial charge in [-0.15, -0.1) is 0 Å². The fraction of sp³-hybridized carbons (Fsp3) is 0.643. The van der Waals surface area contributed by atoms with Crippen LogP contribution in [0.1, 0.15) is 61.4 Å². The lowest BCUT2D eigenvalue weighted by Gasteiger charge is -2.23. The van der Waals surface area contributed by atoms with E-state index >= 15 is 0 Å². The van der Waals surface area contributed by atoms with Crippen LogP contribution in [0.15, 0.2) is 24.3 Å². The van der Waals surface area contributed by atoms with E-state index in [4.69, 9.17) is 15.2 Å². The van der Waals surface area contributed by atoms with Gasteiger partial charge in [-0.05, 0) is 55.2 Å². The Labute approximate surface area is 231 Å². The highest BCUT2D eigenvalue weighted by Crippen LogP contribution is 2.45. The molecule has 1 aromatic heterocycles. The summed E-state index contributed by atoms with van der Waals surface area (Å²) < 4.78 is 10.7. The van der Waals surface area contributed by atoms with Gasteiger partial charge in [-0.3, -0.25) is 4.79 Å². The molecule has 214 valence electrons. The Kier molecular flexibility index (Phi) is 11.5. The maximum Gasteiger partial charge on any atom is 0.251 e. The molecule has 0 spiro atoms. The molecule has 3 atom stereocenters. The number of nitrogens with two attached hydrogens (primary N) is 1. The zero-order valence-electron chi connectivity index (χ0n) is 23.1. The summed E-state index contributed by atoms with van der Waals surface area (Å²) in [6.07, 6.45) is 7.34. The minimum Gasteiger partial charge on any atom is -0.378 e. The average molecular weight is 541 g/mol. The minimum atomic E-state index is -0.130. The van der Waals surface area contributed by atoms with Crippen LogP contribution < -0.4 is 27.0 Å². The summed E-state index contributed by atoms with van der Waals surface area (Å²) in [5, 5.41) is 13.1. The Balaban J connectivity index is 1.25. The van der Waals surface area contributed by atoms with Crippen molar-refractivity contribution in [2.24, 2.45) is 17.6 Å². The van der Waals surface area contributed by atoms with Gasteiger partial charge in [-0.1, -0.05) is 31.9 Å². The quantitative estimate of drug-likeness (QED) is 0.179. The second-order valence-corrected chi connectivity index (χ2v) is 10.3. The lowest BCUT2D eigenvalue weighted by Crippen LogP contribution is -2.27. The third-order valence-corrected chi connectivity index (χ3v) is 7.33. The monoisotopic (exact) mass is 540 g/mol. The van der Waals surface area contributed by atoms with Crippen molar-refractivity contribution in [2.75, 3.05) is 62.0 Å². The van der Waals surface area contributed by atoms with E-state index in [1.807, 2.05) is 24.3 Å². The summed E-state index contributed by atoms with van der Waals surface area (Å²) in [6.45, 7) is 6.40. The fourth-order valence-electron chi connectivity index (χ4n) is 5.26. The number of anilines is 3. The molecule has 0 radical (unpaired) electrons. The standard InChI is InChI=1S/C28H44N8O3/c1-2-3-11-31-26-34-27(36-28(35-26)33-24-18-21-6-9-23(24)17-21)32-19-20-4-7-22(8-5-20)25(37)30-12-14-39-16-15-38-13-10-29/h4-5,7-8,21,23-24H,2-3,6,9-19,29H2,1H3,(H,30,37)(H3,31,32,33,34,35,36). The van der Waals surface area contributed by atoms with E-state index < -0.39 is 0 Å². The molecular formula is C28H44N8O3. The van der Waals surface area contributed by atoms with Crippen LogP contribution in [-0.4, -0.2) is 73.0 Å². The smallest absolute Gasteiger partial charge is 0.251 e. The first-order valence-corrected chi connectivity index (χ1v) is 14.4. The Morgan fingerprint density at radius 3 is 2.36 bits per heavy atom. The van der Waals surface area contributed by atoms with Crippen molar-refractivity contribution < 1.29 is 14.3 Å². The van der Waals surface area contributed by atoms with E-state index in [1.54, 1.807) is 0 Å². The van der Waals surface area contributed by atoms with Crippen molar-refractivity contribution >= 4 is 23.8 Å². The molecular weight excluding hydrogens is 496 g/mol. The SMILES string of the molecule is CCCCNc1nc(NCc2ccc(C(=O)NCCOCCOCCN)cc2)nc(NC2CC3CCC2C3)n1. The van der Waals surface area contributed by atoms with Crippen LogP contribution in [0, 0.1) is 11.8 Å². The fourth-order valence-corrected chi connectivity index (χ4v) is 5.26. The topological polar surface area (TPSA) is 148 Å². The van der Waals surface area contributed by atoms with Crippen molar-refractivity contribution in [1.29, 1.82) is 0 Å². The first kappa shape index (κ1) is 29.0. The third kappa shape index (κ3) is 9.29. The largest absolute Gasteiger partial charge is 0.378 e. The molecule has 4 rings (SSSR count). The van der Waals surface area contributed by atoms with E-state index in [2.05, 4.69) is 43.1 Å². The highest BCUT2D eigenvalue weighted by atomic mass is 16.5. The Morgan fingerprint density at radius 2 is 1.67 bits per heavy atom. The normalized spacial score (nSPS) is 19.7. The number of carbonyl (C=O) groups is 1. The van der Waals surface area contributed by atoms with Gasteiger partial charge >= 0.3 is 0 Å². The number of amides is 1. The van der Waals surface area contributed by atoms with Gasteiger partial charge in [0.25, 0.3) is 5.91 Å². The van der Waals surface area contributed by atoms with E-state index in [9.17, 15) is 4.79 Å². The predicted octanol–water partition coefficient (Wildman–Crippen LogP) is 3.02. The van der Waals surface area contributed by atoms with Crippen molar-refractivity contribution in [1.82, 2.24) is 20.3 Å². The van der Waals surface area contributed by atoms with Gasteiger partial charge in [-0.2, -0.15) is 15.0 Å². The number of carbonyl (C=O) groups excluding carboxylic acids is 1. The molecule has 39 heavy (non-hydrogen) atoms. The molecule has 2 aliphatic rings. The van der Waals surface area contributed by atoms with Gasteiger partial charge in [0, 0.05) is 37.8 Å². The molecule has 2 fully saturated rings. The van der Waals surface area contributed by atoms with Gasteiger partial charge < -0.3 is 36.5 Å². The highest BCUT2D eigenvalue weighted by Gasteiger charge is 2.39. The molecule has 1 heterocycles. The second-order valence-electron chi connectivity index (χ2n) is 10.3. The molecule has 0 saturated heterocycles. The average Bonchev–Trinajstić information content (AvgIpc) is 3.57. The maximum atomic E-state index is 12.4. The molecule has 2 aliphatic carbocycles. The van der Waals surface area contributed by atoms with Crippen molar-refractivity contribution in [2.45, 2.75) is 58.0 Å². The van der Waals surface area contributed by atoms with Gasteiger partial charge in [0.1, 0.15) is 0 Å². The Bertz CT molecular complexity index is 1020. The number of rotatable bonds is 18. The van der Waals surface area contributed by atoms with Crippen LogP contribution >= 0.6 is 0 Å². The van der Waals surface area contributed by atoms with Gasteiger partial charge in [0.05, 0.1) is 26.4 Å². The number of ether oxygens (including phenoxy) is 2. The summed E-state index contributed by atoms with van der Waals surface area (Å²) in [5.41, 5.74) is 6.99. The zero-order chi connectivity index (χ0) is 27.3. The van der Waals surface area contributed by atoms with Crippen molar-refractivity contribution in [3.63, 3.8) is 0 Å². The molecule has 2 aromatic rings. The van der Waals surface area contributed by atoms with Crippen LogP contribution in [0.3, 0.4) is 0 Å².